The fourth-order valence-corrected chi connectivity index (χ4v) is 8.56. The summed E-state index contributed by atoms with van der Waals surface area (Å²) in [5.74, 6) is -0.981. The van der Waals surface area contributed by atoms with Crippen LogP contribution < -0.4 is 0 Å². The van der Waals surface area contributed by atoms with Crippen LogP contribution in [0, 0.1) is 0 Å². The number of carbonyl (C=O) groups excluding carboxylic acids is 3. The Hall–Kier alpha value is -4.45. The van der Waals surface area contributed by atoms with Gasteiger partial charge in [-0.2, -0.15) is 0 Å². The molecular formula is C72H118O6. The Balaban J connectivity index is 4.35. The molecule has 6 heteroatoms. The summed E-state index contributed by atoms with van der Waals surface area (Å²) in [5.41, 5.74) is 0. The maximum Gasteiger partial charge on any atom is 0.306 e. The number of ether oxygens (including phenoxy) is 3. The lowest BCUT2D eigenvalue weighted by atomic mass is 10.0. The molecule has 0 N–H and O–H groups in total. The van der Waals surface area contributed by atoms with E-state index in [1.807, 2.05) is 0 Å². The second-order valence-corrected chi connectivity index (χ2v) is 20.9. The summed E-state index contributed by atoms with van der Waals surface area (Å²) in [6.07, 6.45) is 91.9. The van der Waals surface area contributed by atoms with Gasteiger partial charge in [-0.25, -0.2) is 0 Å². The van der Waals surface area contributed by atoms with Gasteiger partial charge in [0.05, 0.1) is 0 Å². The Morgan fingerprint density at radius 3 is 0.885 bits per heavy atom. The second-order valence-electron chi connectivity index (χ2n) is 20.9. The molecule has 0 radical (unpaired) electrons. The minimum absolute atomic E-state index is 0.108. The Morgan fingerprint density at radius 2 is 0.538 bits per heavy atom. The molecule has 78 heavy (non-hydrogen) atoms. The maximum atomic E-state index is 12.9. The van der Waals surface area contributed by atoms with E-state index in [2.05, 4.69) is 154 Å². The van der Waals surface area contributed by atoms with Gasteiger partial charge < -0.3 is 14.2 Å². The third-order valence-electron chi connectivity index (χ3n) is 13.3. The largest absolute Gasteiger partial charge is 0.462 e. The molecular weight excluding hydrogens is 961 g/mol. The molecule has 0 rings (SSSR count). The lowest BCUT2D eigenvalue weighted by Crippen LogP contribution is -2.30. The predicted molar refractivity (Wildman–Crippen MR) is 339 cm³/mol. The van der Waals surface area contributed by atoms with Crippen molar-refractivity contribution in [1.82, 2.24) is 0 Å². The number of hydrogen-bond donors (Lipinski definition) is 0. The molecule has 0 saturated carbocycles. The summed E-state index contributed by atoms with van der Waals surface area (Å²) in [4.78, 5) is 38.2. The fraction of sp³-hybridized carbons (Fsp3) is 0.653. The number of carbonyl (C=O) groups is 3. The lowest BCUT2D eigenvalue weighted by Gasteiger charge is -2.18. The molecule has 442 valence electrons. The minimum Gasteiger partial charge on any atom is -0.462 e. The van der Waals surface area contributed by atoms with Crippen molar-refractivity contribution in [2.45, 2.75) is 290 Å². The average molecular weight is 1080 g/mol. The van der Waals surface area contributed by atoms with Crippen LogP contribution in [0.2, 0.25) is 0 Å². The molecule has 0 aromatic carbocycles. The van der Waals surface area contributed by atoms with E-state index >= 15 is 0 Å². The zero-order valence-electron chi connectivity index (χ0n) is 50.6. The van der Waals surface area contributed by atoms with Crippen LogP contribution in [0.5, 0.6) is 0 Å². The van der Waals surface area contributed by atoms with Gasteiger partial charge in [0.15, 0.2) is 6.10 Å². The van der Waals surface area contributed by atoms with Gasteiger partial charge in [-0.05, 0) is 128 Å². The van der Waals surface area contributed by atoms with Gasteiger partial charge in [0, 0.05) is 19.3 Å². The smallest absolute Gasteiger partial charge is 0.306 e. The van der Waals surface area contributed by atoms with Gasteiger partial charge in [-0.3, -0.25) is 14.4 Å². The Morgan fingerprint density at radius 1 is 0.269 bits per heavy atom. The highest BCUT2D eigenvalue weighted by Gasteiger charge is 2.19. The Kier molecular flexibility index (Phi) is 61.4. The Bertz CT molecular complexity index is 1670. The van der Waals surface area contributed by atoms with Crippen LogP contribution in [0.1, 0.15) is 284 Å². The van der Waals surface area contributed by atoms with Gasteiger partial charge in [-0.1, -0.05) is 270 Å². The van der Waals surface area contributed by atoms with Crippen LogP contribution in [0.4, 0.5) is 0 Å². The normalized spacial score (nSPS) is 13.0. The first kappa shape index (κ1) is 73.5. The third kappa shape index (κ3) is 62.4. The van der Waals surface area contributed by atoms with Gasteiger partial charge >= 0.3 is 17.9 Å². The minimum atomic E-state index is -0.818. The van der Waals surface area contributed by atoms with Crippen molar-refractivity contribution in [2.24, 2.45) is 0 Å². The highest BCUT2D eigenvalue weighted by molar-refractivity contribution is 5.71. The summed E-state index contributed by atoms with van der Waals surface area (Å²) in [7, 11) is 0. The summed E-state index contributed by atoms with van der Waals surface area (Å²) < 4.78 is 16.8. The van der Waals surface area contributed by atoms with Crippen molar-refractivity contribution in [1.29, 1.82) is 0 Å². The van der Waals surface area contributed by atoms with Crippen LogP contribution in [0.25, 0.3) is 0 Å². The van der Waals surface area contributed by atoms with E-state index in [1.54, 1.807) is 0 Å². The van der Waals surface area contributed by atoms with Crippen LogP contribution in [-0.2, 0) is 28.6 Å². The number of allylic oxidation sites excluding steroid dienone is 22. The molecule has 0 saturated heterocycles. The molecule has 0 aromatic rings. The summed E-state index contributed by atoms with van der Waals surface area (Å²) in [5, 5.41) is 0. The lowest BCUT2D eigenvalue weighted by molar-refractivity contribution is -0.167. The first-order valence-electron chi connectivity index (χ1n) is 32.2. The topological polar surface area (TPSA) is 78.9 Å². The third-order valence-corrected chi connectivity index (χ3v) is 13.3. The summed E-state index contributed by atoms with van der Waals surface area (Å²) in [6, 6.07) is 0. The predicted octanol–water partition coefficient (Wildman–Crippen LogP) is 22.2. The number of rotatable bonds is 57. The van der Waals surface area contributed by atoms with E-state index < -0.39 is 6.10 Å². The summed E-state index contributed by atoms with van der Waals surface area (Å²) >= 11 is 0. The number of hydrogen-bond acceptors (Lipinski definition) is 6. The first-order chi connectivity index (χ1) is 38.5. The van der Waals surface area contributed by atoms with Gasteiger partial charge in [0.25, 0.3) is 0 Å². The van der Waals surface area contributed by atoms with E-state index in [1.165, 1.54) is 116 Å². The maximum absolute atomic E-state index is 12.9. The van der Waals surface area contributed by atoms with Crippen molar-refractivity contribution in [2.75, 3.05) is 13.2 Å². The SMILES string of the molecule is CC/C=C\C/C=C\C/C=C\C/C=C\C/C=C\C/C=C\C/C=C\CCCC(=O)OC(COC(=O)CCCCCCC/C=C\CCC)COC(=O)CCCCCCCCCCCCCC/C=C\C/C=C\C/C=C\CCCCCCC. The first-order valence-corrected chi connectivity index (χ1v) is 32.2. The molecule has 1 unspecified atom stereocenters. The highest BCUT2D eigenvalue weighted by Crippen LogP contribution is 2.15. The summed E-state index contributed by atoms with van der Waals surface area (Å²) in [6.45, 7) is 6.40. The van der Waals surface area contributed by atoms with Crippen LogP contribution >= 0.6 is 0 Å². The van der Waals surface area contributed by atoms with E-state index in [9.17, 15) is 14.4 Å². The molecule has 1 atom stereocenters. The molecule has 0 bridgehead atoms. The fourth-order valence-electron chi connectivity index (χ4n) is 8.56. The van der Waals surface area contributed by atoms with Crippen molar-refractivity contribution >= 4 is 17.9 Å². The number of esters is 3. The van der Waals surface area contributed by atoms with Gasteiger partial charge in [-0.15, -0.1) is 0 Å². The van der Waals surface area contributed by atoms with Crippen LogP contribution in [0.15, 0.2) is 134 Å². The Labute approximate surface area is 481 Å². The van der Waals surface area contributed by atoms with Crippen molar-refractivity contribution < 1.29 is 28.6 Å². The molecule has 0 spiro atoms. The molecule has 0 aliphatic carbocycles. The van der Waals surface area contributed by atoms with E-state index in [4.69, 9.17) is 14.2 Å². The molecule has 0 aliphatic rings. The van der Waals surface area contributed by atoms with Crippen molar-refractivity contribution in [3.63, 3.8) is 0 Å². The van der Waals surface area contributed by atoms with E-state index in [0.717, 1.165) is 122 Å². The van der Waals surface area contributed by atoms with Gasteiger partial charge in [0.2, 0.25) is 0 Å². The molecule has 0 heterocycles. The zero-order valence-corrected chi connectivity index (χ0v) is 50.6. The molecule has 0 fully saturated rings. The number of unbranched alkanes of at least 4 members (excludes halogenated alkanes) is 24. The van der Waals surface area contributed by atoms with Crippen LogP contribution in [0.3, 0.4) is 0 Å². The van der Waals surface area contributed by atoms with Crippen molar-refractivity contribution in [3.05, 3.63) is 134 Å². The quantitative estimate of drug-likeness (QED) is 0.0261. The molecule has 0 amide bonds. The highest BCUT2D eigenvalue weighted by atomic mass is 16.6. The monoisotopic (exact) mass is 1080 g/mol. The van der Waals surface area contributed by atoms with E-state index in [-0.39, 0.29) is 37.5 Å². The average Bonchev–Trinajstić information content (AvgIpc) is 3.44. The van der Waals surface area contributed by atoms with Crippen molar-refractivity contribution in [3.8, 4) is 0 Å². The molecule has 6 nitrogen and oxygen atoms in total. The van der Waals surface area contributed by atoms with Gasteiger partial charge in [0.1, 0.15) is 13.2 Å². The molecule has 0 aliphatic heterocycles. The standard InChI is InChI=1S/C72H118O6/c1-4-7-10-13-16-19-22-24-26-28-30-32-34-35-36-37-39-40-42-44-46-48-50-53-56-59-62-65-71(74)77-68-69(67-76-70(73)64-61-58-55-52-21-18-15-12-9-6-3)78-72(75)66-63-60-57-54-51-49-47-45-43-41-38-33-31-29-27-25-23-20-17-14-11-8-5-2/h8,11-12,15,17,20,22,24-25,27-28,30-31,33-35,41,43,47,49,54,57,69H,4-7,9-10,13-14,16,18-19,21,23,26,29,32,36-40,42,44-46,48,50-53,55-56,58-68H2,1-3H3/b11-8-,15-12-,20-17-,24-22-,27-25-,30-28-,33-31-,35-34-,43-41-,49-47-,57-54-. The van der Waals surface area contributed by atoms with Crippen LogP contribution in [-0.4, -0.2) is 37.2 Å². The zero-order chi connectivity index (χ0) is 56.4. The molecule has 0 aromatic heterocycles. The van der Waals surface area contributed by atoms with E-state index in [0.29, 0.717) is 19.3 Å². The second kappa shape index (κ2) is 65.1.